The van der Waals surface area contributed by atoms with Crippen LogP contribution in [0.15, 0.2) is 103 Å². The van der Waals surface area contributed by atoms with Crippen LogP contribution >= 0.6 is 11.6 Å². The number of amides is 1. The SMILES string of the molecule is O=C(CN1CCc2ccccc2C1c1ccccc1Cl)N(CCc1ccccc1)CCc1ccccc1F. The molecule has 0 saturated heterocycles. The Morgan fingerprint density at radius 1 is 0.816 bits per heavy atom. The summed E-state index contributed by atoms with van der Waals surface area (Å²) >= 11 is 6.68. The van der Waals surface area contributed by atoms with Gasteiger partial charge in [0.25, 0.3) is 0 Å². The van der Waals surface area contributed by atoms with Gasteiger partial charge in [0.2, 0.25) is 5.91 Å². The van der Waals surface area contributed by atoms with Gasteiger partial charge in [-0.05, 0) is 59.2 Å². The van der Waals surface area contributed by atoms with E-state index in [1.807, 2.05) is 47.4 Å². The van der Waals surface area contributed by atoms with Crippen LogP contribution in [-0.2, 0) is 24.1 Å². The second kappa shape index (κ2) is 12.4. The van der Waals surface area contributed by atoms with Crippen molar-refractivity contribution in [2.24, 2.45) is 0 Å². The molecule has 1 atom stereocenters. The number of halogens is 2. The molecule has 1 aliphatic heterocycles. The van der Waals surface area contributed by atoms with Gasteiger partial charge in [0.1, 0.15) is 5.82 Å². The Labute approximate surface area is 229 Å². The molecule has 1 unspecified atom stereocenters. The van der Waals surface area contributed by atoms with Crippen molar-refractivity contribution in [3.05, 3.63) is 142 Å². The number of carbonyl (C=O) groups is 1. The monoisotopic (exact) mass is 526 g/mol. The zero-order chi connectivity index (χ0) is 26.3. The van der Waals surface area contributed by atoms with Crippen molar-refractivity contribution in [1.82, 2.24) is 9.80 Å². The average molecular weight is 527 g/mol. The predicted octanol–water partition coefficient (Wildman–Crippen LogP) is 6.74. The molecule has 0 bridgehead atoms. The maximum Gasteiger partial charge on any atom is 0.236 e. The average Bonchev–Trinajstić information content (AvgIpc) is 2.95. The molecule has 1 amide bonds. The number of hydrogen-bond acceptors (Lipinski definition) is 2. The highest BCUT2D eigenvalue weighted by Gasteiger charge is 2.32. The number of carbonyl (C=O) groups excluding carboxylic acids is 1. The van der Waals surface area contributed by atoms with Crippen LogP contribution < -0.4 is 0 Å². The first-order valence-electron chi connectivity index (χ1n) is 13.2. The normalized spacial score (nSPS) is 15.2. The van der Waals surface area contributed by atoms with Gasteiger partial charge < -0.3 is 4.90 Å². The first kappa shape index (κ1) is 26.1. The van der Waals surface area contributed by atoms with Crippen molar-refractivity contribution in [2.45, 2.75) is 25.3 Å². The lowest BCUT2D eigenvalue weighted by atomic mass is 9.88. The first-order chi connectivity index (χ1) is 18.6. The molecule has 38 heavy (non-hydrogen) atoms. The Bertz CT molecular complexity index is 1380. The third kappa shape index (κ3) is 6.15. The quantitative estimate of drug-likeness (QED) is 0.241. The molecule has 0 aliphatic carbocycles. The summed E-state index contributed by atoms with van der Waals surface area (Å²) in [6, 6.07) is 33.2. The molecular formula is C33H32ClFN2O. The van der Waals surface area contributed by atoms with E-state index in [0.29, 0.717) is 30.1 Å². The van der Waals surface area contributed by atoms with Crippen LogP contribution in [0.1, 0.15) is 33.9 Å². The van der Waals surface area contributed by atoms with Gasteiger partial charge >= 0.3 is 0 Å². The van der Waals surface area contributed by atoms with Crippen molar-refractivity contribution in [3.63, 3.8) is 0 Å². The van der Waals surface area contributed by atoms with Crippen LogP contribution in [-0.4, -0.2) is 41.9 Å². The van der Waals surface area contributed by atoms with Crippen LogP contribution in [0.2, 0.25) is 5.02 Å². The fourth-order valence-corrected chi connectivity index (χ4v) is 5.59. The molecule has 5 heteroatoms. The minimum absolute atomic E-state index is 0.0497. The van der Waals surface area contributed by atoms with Gasteiger partial charge in [-0.2, -0.15) is 0 Å². The van der Waals surface area contributed by atoms with E-state index >= 15 is 0 Å². The Kier molecular flexibility index (Phi) is 8.52. The minimum atomic E-state index is -0.227. The van der Waals surface area contributed by atoms with Gasteiger partial charge in [0.15, 0.2) is 0 Å². The summed E-state index contributed by atoms with van der Waals surface area (Å²) < 4.78 is 14.4. The second-order valence-electron chi connectivity index (χ2n) is 9.80. The first-order valence-corrected chi connectivity index (χ1v) is 13.6. The van der Waals surface area contributed by atoms with E-state index in [0.717, 1.165) is 24.9 Å². The molecule has 4 aromatic rings. The largest absolute Gasteiger partial charge is 0.341 e. The van der Waals surface area contributed by atoms with Crippen LogP contribution in [0.3, 0.4) is 0 Å². The van der Waals surface area contributed by atoms with E-state index < -0.39 is 0 Å². The third-order valence-corrected chi connectivity index (χ3v) is 7.74. The molecule has 1 heterocycles. The highest BCUT2D eigenvalue weighted by atomic mass is 35.5. The Morgan fingerprint density at radius 2 is 1.47 bits per heavy atom. The van der Waals surface area contributed by atoms with Crippen molar-refractivity contribution < 1.29 is 9.18 Å². The maximum absolute atomic E-state index is 14.4. The molecular weight excluding hydrogens is 495 g/mol. The Morgan fingerprint density at radius 3 is 2.26 bits per heavy atom. The van der Waals surface area contributed by atoms with Crippen LogP contribution in [0.25, 0.3) is 0 Å². The van der Waals surface area contributed by atoms with Gasteiger partial charge in [0.05, 0.1) is 12.6 Å². The summed E-state index contributed by atoms with van der Waals surface area (Å²) in [6.07, 6.45) is 2.11. The highest BCUT2D eigenvalue weighted by molar-refractivity contribution is 6.31. The van der Waals surface area contributed by atoms with Crippen molar-refractivity contribution in [2.75, 3.05) is 26.2 Å². The topological polar surface area (TPSA) is 23.6 Å². The molecule has 5 rings (SSSR count). The van der Waals surface area contributed by atoms with E-state index in [4.69, 9.17) is 11.6 Å². The van der Waals surface area contributed by atoms with Crippen molar-refractivity contribution >= 4 is 17.5 Å². The standard InChI is InChI=1S/C33H32ClFN2O/c34-30-16-8-7-15-29(30)33-28-14-6-4-12-26(28)19-23-37(33)24-32(38)36(21-18-25-10-2-1-3-11-25)22-20-27-13-5-9-17-31(27)35/h1-17,33H,18-24H2. The number of benzene rings is 4. The molecule has 0 spiro atoms. The van der Waals surface area contributed by atoms with E-state index in [-0.39, 0.29) is 24.3 Å². The molecule has 4 aromatic carbocycles. The third-order valence-electron chi connectivity index (χ3n) is 7.40. The molecule has 0 radical (unpaired) electrons. The van der Waals surface area contributed by atoms with Gasteiger partial charge in [-0.25, -0.2) is 4.39 Å². The molecule has 0 saturated carbocycles. The summed E-state index contributed by atoms with van der Waals surface area (Å²) in [4.78, 5) is 18.0. The Balaban J connectivity index is 1.38. The summed E-state index contributed by atoms with van der Waals surface area (Å²) in [5.41, 5.74) is 5.31. The van der Waals surface area contributed by atoms with Crippen LogP contribution in [0.5, 0.6) is 0 Å². The molecule has 0 fully saturated rings. The van der Waals surface area contributed by atoms with Gasteiger partial charge in [-0.1, -0.05) is 103 Å². The zero-order valence-electron chi connectivity index (χ0n) is 21.4. The summed E-state index contributed by atoms with van der Waals surface area (Å²) in [5.74, 6) is -0.178. The zero-order valence-corrected chi connectivity index (χ0v) is 22.2. The van der Waals surface area contributed by atoms with E-state index in [2.05, 4.69) is 47.4 Å². The summed E-state index contributed by atoms with van der Waals surface area (Å²) in [6.45, 7) is 2.08. The highest BCUT2D eigenvalue weighted by Crippen LogP contribution is 2.38. The molecule has 194 valence electrons. The smallest absolute Gasteiger partial charge is 0.236 e. The maximum atomic E-state index is 14.4. The Hall–Kier alpha value is -3.47. The lowest BCUT2D eigenvalue weighted by Gasteiger charge is -2.38. The number of hydrogen-bond donors (Lipinski definition) is 0. The predicted molar refractivity (Wildman–Crippen MR) is 152 cm³/mol. The van der Waals surface area contributed by atoms with Crippen LogP contribution in [0.4, 0.5) is 4.39 Å². The van der Waals surface area contributed by atoms with Gasteiger partial charge in [-0.15, -0.1) is 0 Å². The minimum Gasteiger partial charge on any atom is -0.341 e. The molecule has 0 aromatic heterocycles. The van der Waals surface area contributed by atoms with E-state index in [1.54, 1.807) is 12.1 Å². The number of rotatable bonds is 9. The van der Waals surface area contributed by atoms with Gasteiger partial charge in [-0.3, -0.25) is 9.69 Å². The number of nitrogens with zero attached hydrogens (tertiary/aromatic N) is 2. The van der Waals surface area contributed by atoms with Crippen molar-refractivity contribution in [1.29, 1.82) is 0 Å². The van der Waals surface area contributed by atoms with Crippen LogP contribution in [0, 0.1) is 5.82 Å². The molecule has 3 nitrogen and oxygen atoms in total. The fraction of sp³-hybridized carbons (Fsp3) is 0.242. The van der Waals surface area contributed by atoms with Crippen molar-refractivity contribution in [3.8, 4) is 0 Å². The van der Waals surface area contributed by atoms with E-state index in [9.17, 15) is 9.18 Å². The molecule has 0 N–H and O–H groups in total. The lowest BCUT2D eigenvalue weighted by molar-refractivity contribution is -0.133. The fourth-order valence-electron chi connectivity index (χ4n) is 5.35. The number of fused-ring (bicyclic) bond motifs is 1. The second-order valence-corrected chi connectivity index (χ2v) is 10.2. The lowest BCUT2D eigenvalue weighted by Crippen LogP contribution is -2.45. The summed E-state index contributed by atoms with van der Waals surface area (Å²) in [5, 5.41) is 0.701. The summed E-state index contributed by atoms with van der Waals surface area (Å²) in [7, 11) is 0. The van der Waals surface area contributed by atoms with Gasteiger partial charge in [0, 0.05) is 24.7 Å². The molecule has 1 aliphatic rings. The van der Waals surface area contributed by atoms with E-state index in [1.165, 1.54) is 22.8 Å².